The molecule has 0 saturated heterocycles. The van der Waals surface area contributed by atoms with Crippen molar-refractivity contribution in [1.82, 2.24) is 14.3 Å². The van der Waals surface area contributed by atoms with Crippen LogP contribution in [0.2, 0.25) is 0 Å². The van der Waals surface area contributed by atoms with Crippen LogP contribution in [0, 0.1) is 6.92 Å². The first-order valence-corrected chi connectivity index (χ1v) is 10.2. The van der Waals surface area contributed by atoms with E-state index in [0.717, 1.165) is 41.7 Å². The van der Waals surface area contributed by atoms with Crippen molar-refractivity contribution in [1.29, 1.82) is 0 Å². The Morgan fingerprint density at radius 1 is 1.21 bits per heavy atom. The fraction of sp³-hybridized carbons (Fsp3) is 0.200. The molecule has 3 heterocycles. The first-order valence-electron chi connectivity index (χ1n) is 8.75. The van der Waals surface area contributed by atoms with Crippen LogP contribution in [0.15, 0.2) is 59.8 Å². The minimum Gasteiger partial charge on any atom is -0.483 e. The molecule has 0 bridgehead atoms. The highest BCUT2D eigenvalue weighted by atomic mass is 32.2. The number of aryl methyl sites for hydroxylation is 1. The molecule has 28 heavy (non-hydrogen) atoms. The van der Waals surface area contributed by atoms with E-state index >= 15 is 0 Å². The van der Waals surface area contributed by atoms with E-state index in [0.29, 0.717) is 5.52 Å². The Hall–Kier alpha value is -2.97. The Kier molecular flexibility index (Phi) is 5.91. The predicted molar refractivity (Wildman–Crippen MR) is 108 cm³/mol. The normalized spacial score (nSPS) is 14.1. The van der Waals surface area contributed by atoms with Gasteiger partial charge in [0.2, 0.25) is 0 Å². The largest absolute Gasteiger partial charge is 0.483 e. The van der Waals surface area contributed by atoms with Crippen molar-refractivity contribution in [3.8, 4) is 0 Å². The van der Waals surface area contributed by atoms with Crippen molar-refractivity contribution in [3.05, 3.63) is 66.0 Å². The SMILES string of the molecule is Cc1ccc(S(=O)(=O)n2cc(C3=CCNCC3)c3ncccc32)cc1.O=CO. The van der Waals surface area contributed by atoms with Gasteiger partial charge in [0.15, 0.2) is 0 Å². The van der Waals surface area contributed by atoms with Crippen LogP contribution in [-0.2, 0) is 14.8 Å². The van der Waals surface area contributed by atoms with Gasteiger partial charge in [0.05, 0.1) is 15.9 Å². The van der Waals surface area contributed by atoms with Crippen molar-refractivity contribution >= 4 is 33.1 Å². The number of fused-ring (bicyclic) bond motifs is 1. The van der Waals surface area contributed by atoms with Crippen LogP contribution < -0.4 is 5.32 Å². The summed E-state index contributed by atoms with van der Waals surface area (Å²) < 4.78 is 27.7. The lowest BCUT2D eigenvalue weighted by Gasteiger charge is -2.12. The monoisotopic (exact) mass is 399 g/mol. The zero-order valence-electron chi connectivity index (χ0n) is 15.4. The van der Waals surface area contributed by atoms with Crippen LogP contribution in [0.25, 0.3) is 16.6 Å². The third kappa shape index (κ3) is 3.83. The van der Waals surface area contributed by atoms with Crippen molar-refractivity contribution in [2.24, 2.45) is 0 Å². The minimum absolute atomic E-state index is 0.250. The van der Waals surface area contributed by atoms with Gasteiger partial charge in [0.1, 0.15) is 0 Å². The molecule has 2 aromatic heterocycles. The molecule has 4 rings (SSSR count). The maximum absolute atomic E-state index is 13.2. The van der Waals surface area contributed by atoms with Crippen LogP contribution in [0.3, 0.4) is 0 Å². The zero-order chi connectivity index (χ0) is 20.1. The zero-order valence-corrected chi connectivity index (χ0v) is 16.2. The molecule has 2 N–H and O–H groups in total. The smallest absolute Gasteiger partial charge is 0.290 e. The molecule has 0 unspecified atom stereocenters. The first-order chi connectivity index (χ1) is 13.5. The van der Waals surface area contributed by atoms with Crippen molar-refractivity contribution < 1.29 is 18.3 Å². The number of rotatable bonds is 3. The molecule has 1 aliphatic heterocycles. The molecular formula is C20H21N3O4S. The summed E-state index contributed by atoms with van der Waals surface area (Å²) in [6, 6.07) is 10.5. The van der Waals surface area contributed by atoms with E-state index in [9.17, 15) is 8.42 Å². The Morgan fingerprint density at radius 2 is 1.93 bits per heavy atom. The van der Waals surface area contributed by atoms with Crippen LogP contribution >= 0.6 is 0 Å². The lowest BCUT2D eigenvalue weighted by molar-refractivity contribution is -0.122. The lowest BCUT2D eigenvalue weighted by atomic mass is 10.0. The molecule has 0 aliphatic carbocycles. The maximum Gasteiger partial charge on any atom is 0.290 e. The summed E-state index contributed by atoms with van der Waals surface area (Å²) in [5.41, 5.74) is 4.40. The topological polar surface area (TPSA) is 101 Å². The fourth-order valence-electron chi connectivity index (χ4n) is 3.15. The summed E-state index contributed by atoms with van der Waals surface area (Å²) in [7, 11) is -3.67. The highest BCUT2D eigenvalue weighted by molar-refractivity contribution is 7.90. The van der Waals surface area contributed by atoms with E-state index in [2.05, 4.69) is 16.4 Å². The van der Waals surface area contributed by atoms with Gasteiger partial charge in [-0.3, -0.25) is 9.78 Å². The van der Waals surface area contributed by atoms with Crippen LogP contribution in [0.4, 0.5) is 0 Å². The van der Waals surface area contributed by atoms with E-state index in [4.69, 9.17) is 9.90 Å². The summed E-state index contributed by atoms with van der Waals surface area (Å²) in [6.07, 6.45) is 6.39. The molecular weight excluding hydrogens is 378 g/mol. The number of nitrogens with one attached hydrogen (secondary N) is 1. The predicted octanol–water partition coefficient (Wildman–Crippen LogP) is 2.66. The highest BCUT2D eigenvalue weighted by Crippen LogP contribution is 2.31. The van der Waals surface area contributed by atoms with E-state index in [1.807, 2.05) is 19.1 Å². The minimum atomic E-state index is -3.67. The molecule has 1 aliphatic rings. The molecule has 8 heteroatoms. The van der Waals surface area contributed by atoms with Crippen LogP contribution in [0.5, 0.6) is 0 Å². The molecule has 3 aromatic rings. The summed E-state index contributed by atoms with van der Waals surface area (Å²) >= 11 is 0. The Balaban J connectivity index is 0.000000706. The Labute approximate surface area is 163 Å². The van der Waals surface area contributed by atoms with Gasteiger partial charge in [-0.15, -0.1) is 0 Å². The molecule has 146 valence electrons. The summed E-state index contributed by atoms with van der Waals surface area (Å²) in [5, 5.41) is 10.2. The van der Waals surface area contributed by atoms with Crippen molar-refractivity contribution in [2.45, 2.75) is 18.2 Å². The van der Waals surface area contributed by atoms with Gasteiger partial charge in [0, 0.05) is 24.5 Å². The summed E-state index contributed by atoms with van der Waals surface area (Å²) in [6.45, 7) is 3.36. The maximum atomic E-state index is 13.2. The second-order valence-electron chi connectivity index (χ2n) is 6.32. The third-order valence-electron chi connectivity index (χ3n) is 4.51. The molecule has 0 radical (unpaired) electrons. The van der Waals surface area contributed by atoms with Crippen molar-refractivity contribution in [3.63, 3.8) is 0 Å². The lowest BCUT2D eigenvalue weighted by Crippen LogP contribution is -2.20. The van der Waals surface area contributed by atoms with Gasteiger partial charge in [-0.2, -0.15) is 0 Å². The number of hydrogen-bond acceptors (Lipinski definition) is 5. The van der Waals surface area contributed by atoms with E-state index in [-0.39, 0.29) is 11.4 Å². The molecule has 0 amide bonds. The number of hydrogen-bond donors (Lipinski definition) is 2. The van der Waals surface area contributed by atoms with E-state index < -0.39 is 10.0 Å². The molecule has 0 atom stereocenters. The number of nitrogens with zero attached hydrogens (tertiary/aromatic N) is 2. The van der Waals surface area contributed by atoms with Gasteiger partial charge >= 0.3 is 0 Å². The van der Waals surface area contributed by atoms with E-state index in [1.54, 1.807) is 36.7 Å². The molecule has 1 aromatic carbocycles. The molecule has 0 fully saturated rings. The number of carboxylic acid groups (broad SMARTS) is 1. The van der Waals surface area contributed by atoms with E-state index in [1.165, 1.54) is 3.97 Å². The Bertz CT molecular complexity index is 1120. The quantitative estimate of drug-likeness (QED) is 0.657. The number of carbonyl (C=O) groups is 1. The van der Waals surface area contributed by atoms with Crippen molar-refractivity contribution in [2.75, 3.05) is 13.1 Å². The first kappa shape index (κ1) is 19.8. The van der Waals surface area contributed by atoms with Gasteiger partial charge in [-0.25, -0.2) is 12.4 Å². The summed E-state index contributed by atoms with van der Waals surface area (Å²) in [5.74, 6) is 0. The average molecular weight is 399 g/mol. The second-order valence-corrected chi connectivity index (χ2v) is 8.13. The van der Waals surface area contributed by atoms with Gasteiger partial charge < -0.3 is 10.4 Å². The van der Waals surface area contributed by atoms with Crippen LogP contribution in [0.1, 0.15) is 17.5 Å². The molecule has 0 saturated carbocycles. The fourth-order valence-corrected chi connectivity index (χ4v) is 4.51. The average Bonchev–Trinajstić information content (AvgIpc) is 3.10. The molecule has 7 nitrogen and oxygen atoms in total. The molecule has 0 spiro atoms. The number of aromatic nitrogens is 2. The van der Waals surface area contributed by atoms with Crippen LogP contribution in [-0.4, -0.2) is 42.0 Å². The number of benzene rings is 1. The second kappa shape index (κ2) is 8.37. The summed E-state index contributed by atoms with van der Waals surface area (Å²) in [4.78, 5) is 13.1. The Morgan fingerprint density at radius 3 is 2.57 bits per heavy atom. The third-order valence-corrected chi connectivity index (χ3v) is 6.20. The van der Waals surface area contributed by atoms with Gasteiger partial charge in [0.25, 0.3) is 16.5 Å². The van der Waals surface area contributed by atoms with Gasteiger partial charge in [-0.05, 0) is 49.7 Å². The number of pyridine rings is 1. The standard InChI is InChI=1S/C19H19N3O2S.CH2O2/c1-14-4-6-16(7-5-14)25(23,24)22-13-17(15-8-11-20-12-9-15)19-18(22)3-2-10-21-19;2-1-3/h2-8,10,13,20H,9,11-12H2,1H3;1H,(H,2,3). The van der Waals surface area contributed by atoms with Gasteiger partial charge in [-0.1, -0.05) is 23.8 Å². The highest BCUT2D eigenvalue weighted by Gasteiger charge is 2.23.